The highest BCUT2D eigenvalue weighted by molar-refractivity contribution is 6.36. The molecule has 0 bridgehead atoms. The van der Waals surface area contributed by atoms with E-state index >= 15 is 0 Å². The third-order valence-electron chi connectivity index (χ3n) is 11.4. The van der Waals surface area contributed by atoms with Gasteiger partial charge in [-0.3, -0.25) is 13.9 Å². The number of alkyl halides is 3. The highest BCUT2D eigenvalue weighted by Gasteiger charge is 2.42. The zero-order chi connectivity index (χ0) is 39.7. The minimum atomic E-state index is -4.95. The molecule has 2 atom stereocenters. The maximum atomic E-state index is 14.0. The zero-order valence-corrected chi connectivity index (χ0v) is 31.9. The van der Waals surface area contributed by atoms with Gasteiger partial charge in [0, 0.05) is 68.6 Å². The van der Waals surface area contributed by atoms with Gasteiger partial charge in [-0.25, -0.2) is 24.5 Å². The lowest BCUT2D eigenvalue weighted by atomic mass is 9.93. The van der Waals surface area contributed by atoms with Crippen LogP contribution in [0.3, 0.4) is 0 Å². The number of nitrogens with one attached hydrogen (secondary N) is 3. The van der Waals surface area contributed by atoms with Crippen molar-refractivity contribution in [2.75, 3.05) is 38.6 Å². The van der Waals surface area contributed by atoms with E-state index in [4.69, 9.17) is 21.3 Å². The third kappa shape index (κ3) is 6.43. The monoisotopic (exact) mass is 789 g/mol. The van der Waals surface area contributed by atoms with Gasteiger partial charge >= 0.3 is 17.9 Å². The quantitative estimate of drug-likeness (QED) is 0.190. The van der Waals surface area contributed by atoms with Crippen LogP contribution in [-0.4, -0.2) is 73.8 Å². The van der Waals surface area contributed by atoms with Crippen molar-refractivity contribution in [1.29, 1.82) is 0 Å². The number of amides is 2. The van der Waals surface area contributed by atoms with Gasteiger partial charge in [-0.05, 0) is 61.4 Å². The summed E-state index contributed by atoms with van der Waals surface area (Å²) in [5, 5.41) is 9.10. The Morgan fingerprint density at radius 3 is 2.52 bits per heavy atom. The Morgan fingerprint density at radius 1 is 1.02 bits per heavy atom. The average Bonchev–Trinajstić information content (AvgIpc) is 3.76. The van der Waals surface area contributed by atoms with Crippen molar-refractivity contribution in [2.24, 2.45) is 14.1 Å². The summed E-state index contributed by atoms with van der Waals surface area (Å²) in [4.78, 5) is 52.6. The van der Waals surface area contributed by atoms with Crippen LogP contribution in [0.4, 0.5) is 29.5 Å². The van der Waals surface area contributed by atoms with E-state index < -0.39 is 34.7 Å². The molecule has 0 saturated carbocycles. The van der Waals surface area contributed by atoms with Crippen molar-refractivity contribution in [3.8, 4) is 28.3 Å². The number of methoxy groups -OCH3 is 1. The van der Waals surface area contributed by atoms with Gasteiger partial charge in [0.25, 0.3) is 5.56 Å². The molecule has 2 aliphatic heterocycles. The highest BCUT2D eigenvalue weighted by atomic mass is 35.5. The van der Waals surface area contributed by atoms with Gasteiger partial charge in [0.2, 0.25) is 11.7 Å². The molecule has 3 N–H and O–H groups in total. The summed E-state index contributed by atoms with van der Waals surface area (Å²) >= 11 is 7.19. The van der Waals surface area contributed by atoms with Gasteiger partial charge in [0.1, 0.15) is 11.2 Å². The van der Waals surface area contributed by atoms with Crippen LogP contribution in [-0.2, 0) is 26.7 Å². The fourth-order valence-electron chi connectivity index (χ4n) is 8.47. The van der Waals surface area contributed by atoms with Crippen LogP contribution >= 0.6 is 11.6 Å². The van der Waals surface area contributed by atoms with Crippen molar-refractivity contribution in [2.45, 2.75) is 50.2 Å². The first-order chi connectivity index (χ1) is 26.7. The molecule has 0 unspecified atom stereocenters. The molecule has 5 aromatic rings. The summed E-state index contributed by atoms with van der Waals surface area (Å²) in [5.41, 5.74) is 3.56. The van der Waals surface area contributed by atoms with Crippen molar-refractivity contribution >= 4 is 40.2 Å². The Morgan fingerprint density at radius 2 is 1.77 bits per heavy atom. The number of carbonyl (C=O) groups excluding carboxylic acids is 1. The Labute approximate surface area is 323 Å². The molecule has 0 radical (unpaired) electrons. The first kappa shape index (κ1) is 37.4. The van der Waals surface area contributed by atoms with Crippen LogP contribution in [0, 0.1) is 6.92 Å². The predicted molar refractivity (Wildman–Crippen MR) is 206 cm³/mol. The van der Waals surface area contributed by atoms with Crippen LogP contribution in [0.2, 0.25) is 5.02 Å². The Hall–Kier alpha value is -5.48. The summed E-state index contributed by atoms with van der Waals surface area (Å²) in [7, 11) is 4.09. The number of aryl methyl sites for hydroxylation is 2. The number of benzene rings is 2. The molecule has 1 spiro atoms. The standard InChI is InChI=1S/C39H39ClF3N9O4/c1-20-23(7-6-10-26(20)45-31-29-32(48-35(47-31)39(41,42)43)50(2)37(55)51(3)34(29)53)24-8-5-9-25(30(24)40)27-17-21-11-12-22(28(21)33(46-27)56-4)18-52-16-14-38(19-52)13-15-44-36(54)49-38/h5-10,17,22H,11-16,18-19H2,1-4H3,(H2,44,49,54)(H,45,47,48)/t22-,38-/m1/s1. The molecule has 1 aliphatic carbocycles. The fraction of sp³-hybridized carbons (Fsp3) is 0.385. The van der Waals surface area contributed by atoms with Gasteiger partial charge in [-0.2, -0.15) is 13.2 Å². The normalized spacial score (nSPS) is 19.6. The molecule has 292 valence electrons. The minimum Gasteiger partial charge on any atom is -0.481 e. The van der Waals surface area contributed by atoms with Crippen molar-refractivity contribution in [3.05, 3.63) is 90.8 Å². The SMILES string of the molecule is COc1nc(-c2cccc(-c3cccc(Nc4nc(C(F)(F)F)nc5c4c(=O)n(C)c(=O)n5C)c3C)c2Cl)cc2c1[C@@H](CN1CC[C@]3(CCNC(=O)N3)C1)CC2. The number of pyridine rings is 1. The number of likely N-dealkylation sites (tertiary alicyclic amines) is 1. The number of urea groups is 1. The molecular weight excluding hydrogens is 751 g/mol. The van der Waals surface area contributed by atoms with E-state index in [0.29, 0.717) is 51.1 Å². The molecule has 2 amide bonds. The number of nitrogens with zero attached hydrogens (tertiary/aromatic N) is 6. The predicted octanol–water partition coefficient (Wildman–Crippen LogP) is 5.67. The molecule has 17 heteroatoms. The van der Waals surface area contributed by atoms with E-state index in [1.807, 2.05) is 24.3 Å². The molecule has 2 saturated heterocycles. The van der Waals surface area contributed by atoms with Crippen LogP contribution in [0.25, 0.3) is 33.4 Å². The number of carbonyl (C=O) groups is 1. The number of hydrogen-bond acceptors (Lipinski definition) is 9. The maximum absolute atomic E-state index is 14.0. The smallest absolute Gasteiger partial charge is 0.451 e. The maximum Gasteiger partial charge on any atom is 0.451 e. The number of anilines is 2. The Kier molecular flexibility index (Phi) is 9.31. The van der Waals surface area contributed by atoms with E-state index in [2.05, 4.69) is 36.9 Å². The summed E-state index contributed by atoms with van der Waals surface area (Å²) in [6, 6.07) is 12.8. The zero-order valence-electron chi connectivity index (χ0n) is 31.1. The van der Waals surface area contributed by atoms with E-state index in [1.54, 1.807) is 26.2 Å². The molecule has 2 aromatic carbocycles. The third-order valence-corrected chi connectivity index (χ3v) is 11.8. The van der Waals surface area contributed by atoms with Gasteiger partial charge in [-0.15, -0.1) is 0 Å². The lowest BCUT2D eigenvalue weighted by Crippen LogP contribution is -2.59. The van der Waals surface area contributed by atoms with Crippen LogP contribution in [0.5, 0.6) is 5.88 Å². The molecule has 5 heterocycles. The van der Waals surface area contributed by atoms with Crippen LogP contribution in [0.15, 0.2) is 52.1 Å². The average molecular weight is 790 g/mol. The summed E-state index contributed by atoms with van der Waals surface area (Å²) in [6.07, 6.45) is -1.35. The van der Waals surface area contributed by atoms with Crippen molar-refractivity contribution < 1.29 is 22.7 Å². The van der Waals surface area contributed by atoms with Crippen molar-refractivity contribution in [1.82, 2.24) is 39.6 Å². The van der Waals surface area contributed by atoms with Gasteiger partial charge in [-0.1, -0.05) is 41.9 Å². The lowest BCUT2D eigenvalue weighted by Gasteiger charge is -2.35. The number of halogens is 4. The minimum absolute atomic E-state index is 0.104. The summed E-state index contributed by atoms with van der Waals surface area (Å²) < 4.78 is 49.5. The second-order valence-corrected chi connectivity index (χ2v) is 15.2. The summed E-state index contributed by atoms with van der Waals surface area (Å²) in [5.74, 6) is -1.13. The van der Waals surface area contributed by atoms with E-state index in [0.717, 1.165) is 65.6 Å². The molecular formula is C39H39ClF3N9O4. The lowest BCUT2D eigenvalue weighted by molar-refractivity contribution is -0.144. The van der Waals surface area contributed by atoms with Crippen LogP contribution < -0.4 is 31.9 Å². The van der Waals surface area contributed by atoms with Crippen molar-refractivity contribution in [3.63, 3.8) is 0 Å². The second-order valence-electron chi connectivity index (χ2n) is 14.8. The molecule has 8 rings (SSSR count). The van der Waals surface area contributed by atoms with Gasteiger partial charge < -0.3 is 25.6 Å². The number of hydrogen-bond donors (Lipinski definition) is 3. The Bertz CT molecular complexity index is 2560. The number of aromatic nitrogens is 5. The highest BCUT2D eigenvalue weighted by Crippen LogP contribution is 2.45. The van der Waals surface area contributed by atoms with Gasteiger partial charge in [0.05, 0.1) is 23.4 Å². The van der Waals surface area contributed by atoms with E-state index in [-0.39, 0.29) is 22.9 Å². The Balaban J connectivity index is 1.12. The molecule has 3 aliphatic rings. The number of fused-ring (bicyclic) bond motifs is 2. The molecule has 2 fully saturated rings. The van der Waals surface area contributed by atoms with Crippen LogP contribution in [0.1, 0.15) is 47.7 Å². The second kappa shape index (κ2) is 13.9. The fourth-order valence-corrected chi connectivity index (χ4v) is 8.80. The molecule has 56 heavy (non-hydrogen) atoms. The molecule has 13 nitrogen and oxygen atoms in total. The number of ether oxygens (including phenoxy) is 1. The first-order valence-corrected chi connectivity index (χ1v) is 18.6. The number of rotatable bonds is 7. The summed E-state index contributed by atoms with van der Waals surface area (Å²) in [6.45, 7) is 5.01. The largest absolute Gasteiger partial charge is 0.481 e. The van der Waals surface area contributed by atoms with E-state index in [1.165, 1.54) is 14.1 Å². The first-order valence-electron chi connectivity index (χ1n) is 18.2. The molecule has 3 aromatic heterocycles. The van der Waals surface area contributed by atoms with E-state index in [9.17, 15) is 27.6 Å². The topological polar surface area (TPSA) is 148 Å². The van der Waals surface area contributed by atoms with Gasteiger partial charge in [0.15, 0.2) is 5.65 Å².